The fourth-order valence-corrected chi connectivity index (χ4v) is 4.27. The van der Waals surface area contributed by atoms with Crippen LogP contribution in [-0.2, 0) is 22.6 Å². The highest BCUT2D eigenvalue weighted by Crippen LogP contribution is 2.27. The van der Waals surface area contributed by atoms with Crippen molar-refractivity contribution in [3.8, 4) is 0 Å². The van der Waals surface area contributed by atoms with Gasteiger partial charge in [-0.15, -0.1) is 12.4 Å². The lowest BCUT2D eigenvalue weighted by Crippen LogP contribution is -2.55. The van der Waals surface area contributed by atoms with Crippen LogP contribution in [0.15, 0.2) is 24.3 Å². The molecule has 0 bridgehead atoms. The minimum absolute atomic E-state index is 0. The molecule has 1 heterocycles. The van der Waals surface area contributed by atoms with Gasteiger partial charge in [0, 0.05) is 25.4 Å². The second kappa shape index (κ2) is 9.56. The van der Waals surface area contributed by atoms with E-state index in [1.165, 1.54) is 5.56 Å². The van der Waals surface area contributed by atoms with Crippen LogP contribution in [-0.4, -0.2) is 35.3 Å². The van der Waals surface area contributed by atoms with Crippen molar-refractivity contribution in [3.63, 3.8) is 0 Å². The van der Waals surface area contributed by atoms with E-state index < -0.39 is 6.04 Å². The van der Waals surface area contributed by atoms with Gasteiger partial charge in [-0.05, 0) is 42.3 Å². The molecule has 6 heteroatoms. The Morgan fingerprint density at radius 3 is 2.59 bits per heavy atom. The van der Waals surface area contributed by atoms with Crippen LogP contribution in [0.3, 0.4) is 0 Å². The SMILES string of the molecule is CC(C)CC(=O)N1Cc2ccccc2CC1C(=O)NC1CCCC1CN.Cl. The molecule has 0 aromatic heterocycles. The van der Waals surface area contributed by atoms with Gasteiger partial charge in [-0.2, -0.15) is 0 Å². The number of nitrogens with two attached hydrogens (primary N) is 1. The Labute approximate surface area is 168 Å². The first-order valence-corrected chi connectivity index (χ1v) is 9.86. The van der Waals surface area contributed by atoms with E-state index in [1.54, 1.807) is 4.90 Å². The summed E-state index contributed by atoms with van der Waals surface area (Å²) in [6.45, 7) is 5.20. The number of benzene rings is 1. The van der Waals surface area contributed by atoms with Gasteiger partial charge in [-0.1, -0.05) is 44.5 Å². The second-order valence-electron chi connectivity index (χ2n) is 8.15. The average Bonchev–Trinajstić information content (AvgIpc) is 3.07. The normalized spacial score (nSPS) is 24.3. The number of hydrogen-bond donors (Lipinski definition) is 2. The molecule has 3 atom stereocenters. The largest absolute Gasteiger partial charge is 0.351 e. The second-order valence-corrected chi connectivity index (χ2v) is 8.15. The number of carbonyl (C=O) groups excluding carboxylic acids is 2. The van der Waals surface area contributed by atoms with Crippen molar-refractivity contribution < 1.29 is 9.59 Å². The molecule has 1 fully saturated rings. The van der Waals surface area contributed by atoms with Gasteiger partial charge in [0.1, 0.15) is 6.04 Å². The molecular weight excluding hydrogens is 362 g/mol. The van der Waals surface area contributed by atoms with Crippen molar-refractivity contribution in [1.82, 2.24) is 10.2 Å². The smallest absolute Gasteiger partial charge is 0.243 e. The Hall–Kier alpha value is -1.59. The molecule has 1 aliphatic heterocycles. The molecule has 3 N–H and O–H groups in total. The third-order valence-corrected chi connectivity index (χ3v) is 5.74. The Morgan fingerprint density at radius 2 is 1.93 bits per heavy atom. The van der Waals surface area contributed by atoms with Crippen molar-refractivity contribution in [2.75, 3.05) is 6.54 Å². The fraction of sp³-hybridized carbons (Fsp3) is 0.619. The van der Waals surface area contributed by atoms with E-state index in [-0.39, 0.29) is 36.2 Å². The number of nitrogens with zero attached hydrogens (tertiary/aromatic N) is 1. The fourth-order valence-electron chi connectivity index (χ4n) is 4.27. The summed E-state index contributed by atoms with van der Waals surface area (Å²) in [6, 6.07) is 7.84. The van der Waals surface area contributed by atoms with Gasteiger partial charge < -0.3 is 16.0 Å². The van der Waals surface area contributed by atoms with Crippen LogP contribution >= 0.6 is 12.4 Å². The van der Waals surface area contributed by atoms with Crippen LogP contribution in [0, 0.1) is 11.8 Å². The number of nitrogens with one attached hydrogen (secondary N) is 1. The molecule has 1 aromatic carbocycles. The van der Waals surface area contributed by atoms with Crippen molar-refractivity contribution in [2.24, 2.45) is 17.6 Å². The maximum atomic E-state index is 13.1. The van der Waals surface area contributed by atoms with Crippen LogP contribution in [0.1, 0.15) is 50.7 Å². The van der Waals surface area contributed by atoms with E-state index in [0.29, 0.717) is 31.8 Å². The first-order valence-electron chi connectivity index (χ1n) is 9.86. The number of hydrogen-bond acceptors (Lipinski definition) is 3. The maximum Gasteiger partial charge on any atom is 0.243 e. The predicted molar refractivity (Wildman–Crippen MR) is 110 cm³/mol. The van der Waals surface area contributed by atoms with E-state index in [1.807, 2.05) is 26.0 Å². The monoisotopic (exact) mass is 393 g/mol. The molecule has 1 aliphatic carbocycles. The highest BCUT2D eigenvalue weighted by atomic mass is 35.5. The van der Waals surface area contributed by atoms with Gasteiger partial charge in [-0.3, -0.25) is 9.59 Å². The van der Waals surface area contributed by atoms with E-state index in [4.69, 9.17) is 5.73 Å². The molecule has 0 spiro atoms. The van der Waals surface area contributed by atoms with Gasteiger partial charge in [0.15, 0.2) is 0 Å². The lowest BCUT2D eigenvalue weighted by atomic mass is 9.92. The van der Waals surface area contributed by atoms with Crippen molar-refractivity contribution in [1.29, 1.82) is 0 Å². The summed E-state index contributed by atoms with van der Waals surface area (Å²) in [5.41, 5.74) is 8.17. The van der Waals surface area contributed by atoms with Crippen LogP contribution in [0.2, 0.25) is 0 Å². The number of halogens is 1. The zero-order chi connectivity index (χ0) is 18.7. The third-order valence-electron chi connectivity index (χ3n) is 5.74. The van der Waals surface area contributed by atoms with Crippen LogP contribution in [0.4, 0.5) is 0 Å². The minimum atomic E-state index is -0.421. The Morgan fingerprint density at radius 1 is 1.22 bits per heavy atom. The van der Waals surface area contributed by atoms with Gasteiger partial charge in [-0.25, -0.2) is 0 Å². The number of carbonyl (C=O) groups is 2. The molecule has 3 unspecified atom stereocenters. The first-order chi connectivity index (χ1) is 12.5. The summed E-state index contributed by atoms with van der Waals surface area (Å²) in [7, 11) is 0. The standard InChI is InChI=1S/C21H31N3O2.ClH/c1-14(2)10-20(25)24-13-17-7-4-3-6-15(17)11-19(24)21(26)23-18-9-5-8-16(18)12-22;/h3-4,6-7,14,16,18-19H,5,8-13,22H2,1-2H3,(H,23,26);1H. The Balaban J connectivity index is 0.00000261. The minimum Gasteiger partial charge on any atom is -0.351 e. The summed E-state index contributed by atoms with van der Waals surface area (Å²) >= 11 is 0. The lowest BCUT2D eigenvalue weighted by molar-refractivity contribution is -0.142. The van der Waals surface area contributed by atoms with Gasteiger partial charge in [0.05, 0.1) is 0 Å². The van der Waals surface area contributed by atoms with E-state index in [9.17, 15) is 9.59 Å². The topological polar surface area (TPSA) is 75.4 Å². The zero-order valence-electron chi connectivity index (χ0n) is 16.3. The van der Waals surface area contributed by atoms with E-state index in [2.05, 4.69) is 17.4 Å². The molecule has 2 amide bonds. The Bertz CT molecular complexity index is 665. The first kappa shape index (κ1) is 21.7. The number of fused-ring (bicyclic) bond motifs is 1. The van der Waals surface area contributed by atoms with Crippen LogP contribution in [0.5, 0.6) is 0 Å². The highest BCUT2D eigenvalue weighted by Gasteiger charge is 2.37. The molecule has 5 nitrogen and oxygen atoms in total. The molecule has 27 heavy (non-hydrogen) atoms. The predicted octanol–water partition coefficient (Wildman–Crippen LogP) is 2.65. The molecule has 0 radical (unpaired) electrons. The van der Waals surface area contributed by atoms with Crippen LogP contribution in [0.25, 0.3) is 0 Å². The van der Waals surface area contributed by atoms with Gasteiger partial charge in [0.25, 0.3) is 0 Å². The molecule has 1 saturated carbocycles. The maximum absolute atomic E-state index is 13.1. The molecule has 150 valence electrons. The molecule has 3 rings (SSSR count). The lowest BCUT2D eigenvalue weighted by Gasteiger charge is -2.37. The molecule has 1 aromatic rings. The van der Waals surface area contributed by atoms with Crippen molar-refractivity contribution in [3.05, 3.63) is 35.4 Å². The molecular formula is C21H32ClN3O2. The quantitative estimate of drug-likeness (QED) is 0.807. The summed E-state index contributed by atoms with van der Waals surface area (Å²) in [5.74, 6) is 0.674. The highest BCUT2D eigenvalue weighted by molar-refractivity contribution is 5.88. The Kier molecular flexibility index (Phi) is 7.68. The van der Waals surface area contributed by atoms with Crippen LogP contribution < -0.4 is 11.1 Å². The summed E-state index contributed by atoms with van der Waals surface area (Å²) < 4.78 is 0. The third kappa shape index (κ3) is 5.02. The summed E-state index contributed by atoms with van der Waals surface area (Å²) in [6.07, 6.45) is 4.23. The van der Waals surface area contributed by atoms with Crippen molar-refractivity contribution in [2.45, 2.75) is 64.6 Å². The molecule has 2 aliphatic rings. The zero-order valence-corrected chi connectivity index (χ0v) is 17.1. The summed E-state index contributed by atoms with van der Waals surface area (Å²) in [4.78, 5) is 27.7. The van der Waals surface area contributed by atoms with Gasteiger partial charge in [0.2, 0.25) is 11.8 Å². The van der Waals surface area contributed by atoms with Gasteiger partial charge >= 0.3 is 0 Å². The van der Waals surface area contributed by atoms with Crippen molar-refractivity contribution >= 4 is 24.2 Å². The molecule has 0 saturated heterocycles. The van der Waals surface area contributed by atoms with E-state index in [0.717, 1.165) is 24.8 Å². The van der Waals surface area contributed by atoms with E-state index >= 15 is 0 Å². The average molecular weight is 394 g/mol. The summed E-state index contributed by atoms with van der Waals surface area (Å²) in [5, 5.41) is 3.21. The number of rotatable bonds is 5. The number of amides is 2.